The fraction of sp³-hybridized carbons (Fsp3) is 0.167. The van der Waals surface area contributed by atoms with E-state index in [0.717, 1.165) is 27.5 Å². The molecule has 4 nitrogen and oxygen atoms in total. The summed E-state index contributed by atoms with van der Waals surface area (Å²) in [5.41, 5.74) is 4.97. The zero-order valence-corrected chi connectivity index (χ0v) is 18.9. The number of thioether (sulfide) groups is 1. The molecule has 0 fully saturated rings. The highest BCUT2D eigenvalue weighted by molar-refractivity contribution is 8.00. The van der Waals surface area contributed by atoms with Crippen LogP contribution in [-0.4, -0.2) is 16.3 Å². The number of rotatable bonds is 6. The standard InChI is InChI=1S/C24H25N3OS2/c1-16-7-11-19(12-8-16)25-23(28)18(3)30-22-6-4-5-21(15-22)27-24(29)26-20-13-9-17(2)10-14-20/h4-15,18H,1-3H3,(H,25,28)(H2,26,27,29). The van der Waals surface area contributed by atoms with Gasteiger partial charge in [0.1, 0.15) is 0 Å². The van der Waals surface area contributed by atoms with Gasteiger partial charge in [0, 0.05) is 22.0 Å². The van der Waals surface area contributed by atoms with Crippen LogP contribution in [0.15, 0.2) is 77.7 Å². The van der Waals surface area contributed by atoms with Crippen molar-refractivity contribution < 1.29 is 4.79 Å². The molecule has 0 aliphatic carbocycles. The van der Waals surface area contributed by atoms with Gasteiger partial charge in [-0.15, -0.1) is 11.8 Å². The quantitative estimate of drug-likeness (QED) is 0.316. The summed E-state index contributed by atoms with van der Waals surface area (Å²) < 4.78 is 0. The van der Waals surface area contributed by atoms with E-state index in [2.05, 4.69) is 16.0 Å². The highest BCUT2D eigenvalue weighted by Crippen LogP contribution is 2.27. The van der Waals surface area contributed by atoms with Crippen molar-refractivity contribution >= 4 is 52.1 Å². The molecule has 30 heavy (non-hydrogen) atoms. The van der Waals surface area contributed by atoms with E-state index in [9.17, 15) is 4.79 Å². The molecule has 1 amide bonds. The molecule has 1 atom stereocenters. The van der Waals surface area contributed by atoms with E-state index in [1.807, 2.05) is 93.6 Å². The fourth-order valence-electron chi connectivity index (χ4n) is 2.72. The number of hydrogen-bond acceptors (Lipinski definition) is 3. The van der Waals surface area contributed by atoms with Gasteiger partial charge in [0.25, 0.3) is 0 Å². The van der Waals surface area contributed by atoms with Gasteiger partial charge in [-0.2, -0.15) is 0 Å². The minimum Gasteiger partial charge on any atom is -0.332 e. The first-order chi connectivity index (χ1) is 14.4. The first kappa shape index (κ1) is 21.9. The molecule has 3 aromatic carbocycles. The second-order valence-electron chi connectivity index (χ2n) is 7.09. The molecule has 0 bridgehead atoms. The molecule has 0 saturated heterocycles. The Labute approximate surface area is 187 Å². The maximum atomic E-state index is 12.5. The van der Waals surface area contributed by atoms with Crippen molar-refractivity contribution in [3.8, 4) is 0 Å². The summed E-state index contributed by atoms with van der Waals surface area (Å²) in [7, 11) is 0. The van der Waals surface area contributed by atoms with E-state index in [0.29, 0.717) is 5.11 Å². The van der Waals surface area contributed by atoms with Crippen molar-refractivity contribution in [3.63, 3.8) is 0 Å². The molecule has 0 aromatic heterocycles. The van der Waals surface area contributed by atoms with Crippen LogP contribution in [0.4, 0.5) is 17.1 Å². The summed E-state index contributed by atoms with van der Waals surface area (Å²) in [6.45, 7) is 5.97. The zero-order chi connectivity index (χ0) is 21.5. The maximum Gasteiger partial charge on any atom is 0.237 e. The molecule has 6 heteroatoms. The SMILES string of the molecule is Cc1ccc(NC(=O)C(C)Sc2cccc(NC(=S)Nc3ccc(C)cc3)c2)cc1. The van der Waals surface area contributed by atoms with Crippen LogP contribution in [0, 0.1) is 13.8 Å². The molecule has 0 aliphatic rings. The Balaban J connectivity index is 1.56. The van der Waals surface area contributed by atoms with Gasteiger partial charge in [-0.05, 0) is 75.5 Å². The van der Waals surface area contributed by atoms with Gasteiger partial charge in [-0.1, -0.05) is 41.5 Å². The fourth-order valence-corrected chi connectivity index (χ4v) is 3.88. The summed E-state index contributed by atoms with van der Waals surface area (Å²) in [5.74, 6) is -0.0289. The van der Waals surface area contributed by atoms with E-state index < -0.39 is 0 Å². The number of carbonyl (C=O) groups excluding carboxylic acids is 1. The van der Waals surface area contributed by atoms with Crippen LogP contribution in [0.2, 0.25) is 0 Å². The molecule has 0 aliphatic heterocycles. The van der Waals surface area contributed by atoms with Crippen molar-refractivity contribution in [2.75, 3.05) is 16.0 Å². The van der Waals surface area contributed by atoms with Gasteiger partial charge in [-0.3, -0.25) is 4.79 Å². The van der Waals surface area contributed by atoms with Crippen LogP contribution in [-0.2, 0) is 4.79 Å². The minimum atomic E-state index is -0.237. The summed E-state index contributed by atoms with van der Waals surface area (Å²) >= 11 is 6.92. The average molecular weight is 436 g/mol. The lowest BCUT2D eigenvalue weighted by atomic mass is 10.2. The van der Waals surface area contributed by atoms with Crippen molar-refractivity contribution in [2.24, 2.45) is 0 Å². The second-order valence-corrected chi connectivity index (χ2v) is 8.91. The maximum absolute atomic E-state index is 12.5. The molecule has 0 saturated carbocycles. The summed E-state index contributed by atoms with van der Waals surface area (Å²) in [5, 5.41) is 9.62. The second kappa shape index (κ2) is 10.3. The van der Waals surface area contributed by atoms with E-state index in [1.165, 1.54) is 17.3 Å². The molecular formula is C24H25N3OS2. The zero-order valence-electron chi connectivity index (χ0n) is 17.2. The third-order valence-electron chi connectivity index (χ3n) is 4.40. The molecule has 1 unspecified atom stereocenters. The Morgan fingerprint density at radius 1 is 0.800 bits per heavy atom. The Hall–Kier alpha value is -2.83. The van der Waals surface area contributed by atoms with Crippen LogP contribution in [0.5, 0.6) is 0 Å². The molecule has 3 aromatic rings. The van der Waals surface area contributed by atoms with Gasteiger partial charge in [0.15, 0.2) is 5.11 Å². The van der Waals surface area contributed by atoms with Gasteiger partial charge < -0.3 is 16.0 Å². The third-order valence-corrected chi connectivity index (χ3v) is 5.70. The Kier molecular flexibility index (Phi) is 7.49. The van der Waals surface area contributed by atoms with Gasteiger partial charge in [-0.25, -0.2) is 0 Å². The third kappa shape index (κ3) is 6.61. The monoisotopic (exact) mass is 435 g/mol. The molecule has 0 heterocycles. The number of anilines is 3. The lowest BCUT2D eigenvalue weighted by molar-refractivity contribution is -0.115. The number of aryl methyl sites for hydroxylation is 2. The summed E-state index contributed by atoms with van der Waals surface area (Å²) in [6, 6.07) is 23.7. The van der Waals surface area contributed by atoms with E-state index >= 15 is 0 Å². The summed E-state index contributed by atoms with van der Waals surface area (Å²) in [6.07, 6.45) is 0. The van der Waals surface area contributed by atoms with Crippen LogP contribution in [0.1, 0.15) is 18.1 Å². The van der Waals surface area contributed by atoms with Crippen LogP contribution in [0.3, 0.4) is 0 Å². The average Bonchev–Trinajstić information content (AvgIpc) is 2.71. The number of thiocarbonyl (C=S) groups is 1. The van der Waals surface area contributed by atoms with Crippen LogP contribution < -0.4 is 16.0 Å². The largest absolute Gasteiger partial charge is 0.332 e. The molecular weight excluding hydrogens is 410 g/mol. The molecule has 3 rings (SSSR count). The lowest BCUT2D eigenvalue weighted by Gasteiger charge is -2.14. The topological polar surface area (TPSA) is 53.2 Å². The predicted octanol–water partition coefficient (Wildman–Crippen LogP) is 6.23. The predicted molar refractivity (Wildman–Crippen MR) is 133 cm³/mol. The number of nitrogens with one attached hydrogen (secondary N) is 3. The van der Waals surface area contributed by atoms with Crippen molar-refractivity contribution in [1.29, 1.82) is 0 Å². The first-order valence-corrected chi connectivity index (χ1v) is 11.0. The van der Waals surface area contributed by atoms with Gasteiger partial charge >= 0.3 is 0 Å². The number of carbonyl (C=O) groups is 1. The highest BCUT2D eigenvalue weighted by atomic mass is 32.2. The molecule has 3 N–H and O–H groups in total. The highest BCUT2D eigenvalue weighted by Gasteiger charge is 2.15. The number of amides is 1. The van der Waals surface area contributed by atoms with E-state index in [-0.39, 0.29) is 11.2 Å². The number of hydrogen-bond donors (Lipinski definition) is 3. The normalized spacial score (nSPS) is 11.4. The summed E-state index contributed by atoms with van der Waals surface area (Å²) in [4.78, 5) is 13.5. The van der Waals surface area contributed by atoms with Crippen molar-refractivity contribution in [1.82, 2.24) is 0 Å². The van der Waals surface area contributed by atoms with Gasteiger partial charge in [0.2, 0.25) is 5.91 Å². The lowest BCUT2D eigenvalue weighted by Crippen LogP contribution is -2.22. The van der Waals surface area contributed by atoms with Crippen LogP contribution in [0.25, 0.3) is 0 Å². The smallest absolute Gasteiger partial charge is 0.237 e. The van der Waals surface area contributed by atoms with E-state index in [4.69, 9.17) is 12.2 Å². The van der Waals surface area contributed by atoms with Crippen molar-refractivity contribution in [3.05, 3.63) is 83.9 Å². The Morgan fingerprint density at radius 3 is 1.93 bits per heavy atom. The molecule has 154 valence electrons. The van der Waals surface area contributed by atoms with Crippen molar-refractivity contribution in [2.45, 2.75) is 30.9 Å². The van der Waals surface area contributed by atoms with E-state index in [1.54, 1.807) is 0 Å². The Bertz CT molecular complexity index is 1020. The van der Waals surface area contributed by atoms with Gasteiger partial charge in [0.05, 0.1) is 5.25 Å². The number of benzene rings is 3. The molecule has 0 radical (unpaired) electrons. The van der Waals surface area contributed by atoms with Crippen LogP contribution >= 0.6 is 24.0 Å². The molecule has 0 spiro atoms. The first-order valence-electron chi connectivity index (χ1n) is 9.68. The Morgan fingerprint density at radius 2 is 1.33 bits per heavy atom. The minimum absolute atomic E-state index is 0.0289.